The van der Waals surface area contributed by atoms with Crippen molar-refractivity contribution in [3.05, 3.63) is 35.7 Å². The van der Waals surface area contributed by atoms with Crippen LogP contribution in [-0.2, 0) is 6.54 Å². The van der Waals surface area contributed by atoms with Gasteiger partial charge in [0.1, 0.15) is 0 Å². The number of hydrogen-bond acceptors (Lipinski definition) is 3. The molecule has 1 aliphatic carbocycles. The predicted octanol–water partition coefficient (Wildman–Crippen LogP) is 2.19. The predicted molar refractivity (Wildman–Crippen MR) is 89.7 cm³/mol. The Morgan fingerprint density at radius 3 is 2.83 bits per heavy atom. The molecule has 0 aromatic carbocycles. The van der Waals surface area contributed by atoms with E-state index >= 15 is 0 Å². The van der Waals surface area contributed by atoms with Gasteiger partial charge < -0.3 is 14.8 Å². The largest absolute Gasteiger partial charge is 0.332 e. The first kappa shape index (κ1) is 15.2. The molecular formula is C17H24N6O. The first-order valence-electron chi connectivity index (χ1n) is 8.68. The lowest BCUT2D eigenvalue weighted by molar-refractivity contribution is 0.206. The molecular weight excluding hydrogens is 304 g/mol. The van der Waals surface area contributed by atoms with Crippen LogP contribution in [0.15, 0.2) is 18.6 Å². The minimum Gasteiger partial charge on any atom is -0.332 e. The smallest absolute Gasteiger partial charge is 0.317 e. The van der Waals surface area contributed by atoms with Crippen LogP contribution in [0.4, 0.5) is 4.79 Å². The van der Waals surface area contributed by atoms with Crippen molar-refractivity contribution in [2.24, 2.45) is 0 Å². The number of rotatable bonds is 4. The standard InChI is InChI=1S/C17H24N6O/c1-12-7-13(2)23(20-12)15-5-6-21(10-15)17(24)19-9-16-8-18-11-22(16)14-3-4-14/h7-8,11,14-15H,3-6,9-10H2,1-2H3,(H,19,24). The molecule has 0 bridgehead atoms. The van der Waals surface area contributed by atoms with E-state index in [2.05, 4.69) is 37.6 Å². The number of likely N-dealkylation sites (tertiary alicyclic amines) is 1. The highest BCUT2D eigenvalue weighted by Gasteiger charge is 2.29. The first-order chi connectivity index (χ1) is 11.6. The third-order valence-corrected chi connectivity index (χ3v) is 4.95. The number of nitrogens with zero attached hydrogens (tertiary/aromatic N) is 5. The molecule has 4 rings (SSSR count). The van der Waals surface area contributed by atoms with E-state index in [1.807, 2.05) is 24.3 Å². The van der Waals surface area contributed by atoms with Crippen LogP contribution in [0.1, 0.15) is 48.4 Å². The van der Waals surface area contributed by atoms with Crippen molar-refractivity contribution in [2.45, 2.75) is 51.7 Å². The molecule has 24 heavy (non-hydrogen) atoms. The van der Waals surface area contributed by atoms with Gasteiger partial charge in [0.05, 0.1) is 30.3 Å². The van der Waals surface area contributed by atoms with Crippen molar-refractivity contribution < 1.29 is 4.79 Å². The van der Waals surface area contributed by atoms with Crippen LogP contribution in [0, 0.1) is 13.8 Å². The average molecular weight is 328 g/mol. The van der Waals surface area contributed by atoms with Crippen LogP contribution in [-0.4, -0.2) is 43.4 Å². The molecule has 2 aromatic rings. The lowest BCUT2D eigenvalue weighted by Crippen LogP contribution is -2.38. The zero-order valence-corrected chi connectivity index (χ0v) is 14.3. The number of aromatic nitrogens is 4. The molecule has 2 aromatic heterocycles. The van der Waals surface area contributed by atoms with E-state index < -0.39 is 0 Å². The number of carbonyl (C=O) groups is 1. The Morgan fingerprint density at radius 1 is 1.29 bits per heavy atom. The van der Waals surface area contributed by atoms with Gasteiger partial charge in [0.2, 0.25) is 0 Å². The van der Waals surface area contributed by atoms with E-state index in [1.54, 1.807) is 0 Å². The molecule has 1 saturated carbocycles. The summed E-state index contributed by atoms with van der Waals surface area (Å²) in [6.07, 6.45) is 7.10. The Hall–Kier alpha value is -2.31. The summed E-state index contributed by atoms with van der Waals surface area (Å²) < 4.78 is 4.24. The quantitative estimate of drug-likeness (QED) is 0.935. The number of nitrogens with one attached hydrogen (secondary N) is 1. The monoisotopic (exact) mass is 328 g/mol. The fourth-order valence-electron chi connectivity index (χ4n) is 3.57. The number of imidazole rings is 1. The normalized spacial score (nSPS) is 20.6. The second-order valence-corrected chi connectivity index (χ2v) is 6.94. The molecule has 0 spiro atoms. The van der Waals surface area contributed by atoms with Crippen LogP contribution < -0.4 is 5.32 Å². The van der Waals surface area contributed by atoms with Crippen LogP contribution in [0.5, 0.6) is 0 Å². The highest BCUT2D eigenvalue weighted by Crippen LogP contribution is 2.35. The summed E-state index contributed by atoms with van der Waals surface area (Å²) in [5.41, 5.74) is 3.27. The lowest BCUT2D eigenvalue weighted by atomic mass is 10.2. The zero-order valence-electron chi connectivity index (χ0n) is 14.3. The molecule has 2 amide bonds. The molecule has 1 unspecified atom stereocenters. The number of aryl methyl sites for hydroxylation is 2. The van der Waals surface area contributed by atoms with E-state index in [9.17, 15) is 4.79 Å². The minimum absolute atomic E-state index is 0.00239. The van der Waals surface area contributed by atoms with Gasteiger partial charge >= 0.3 is 6.03 Å². The highest BCUT2D eigenvalue weighted by atomic mass is 16.2. The Balaban J connectivity index is 1.34. The average Bonchev–Trinajstić information content (AvgIpc) is 2.98. The SMILES string of the molecule is Cc1cc(C)n(C2CCN(C(=O)NCc3cncn3C3CC3)C2)n1. The van der Waals surface area contributed by atoms with Gasteiger partial charge in [-0.15, -0.1) is 0 Å². The fourth-order valence-corrected chi connectivity index (χ4v) is 3.57. The third kappa shape index (κ3) is 2.90. The molecule has 7 nitrogen and oxygen atoms in total. The van der Waals surface area contributed by atoms with E-state index in [-0.39, 0.29) is 12.1 Å². The van der Waals surface area contributed by atoms with Crippen LogP contribution in [0.3, 0.4) is 0 Å². The fraction of sp³-hybridized carbons (Fsp3) is 0.588. The van der Waals surface area contributed by atoms with Gasteiger partial charge in [-0.1, -0.05) is 0 Å². The molecule has 128 valence electrons. The number of hydrogen-bond donors (Lipinski definition) is 1. The molecule has 0 radical (unpaired) electrons. The minimum atomic E-state index is 0.00239. The lowest BCUT2D eigenvalue weighted by Gasteiger charge is -2.18. The van der Waals surface area contributed by atoms with E-state index in [1.165, 1.54) is 12.8 Å². The molecule has 1 atom stereocenters. The topological polar surface area (TPSA) is 68.0 Å². The zero-order chi connectivity index (χ0) is 16.7. The summed E-state index contributed by atoms with van der Waals surface area (Å²) in [6, 6.07) is 2.95. The maximum atomic E-state index is 12.5. The van der Waals surface area contributed by atoms with Gasteiger partial charge in [-0.25, -0.2) is 9.78 Å². The van der Waals surface area contributed by atoms with Crippen molar-refractivity contribution in [1.82, 2.24) is 29.5 Å². The molecule has 3 heterocycles. The van der Waals surface area contributed by atoms with Crippen molar-refractivity contribution in [2.75, 3.05) is 13.1 Å². The number of amides is 2. The van der Waals surface area contributed by atoms with Crippen molar-refractivity contribution in [3.63, 3.8) is 0 Å². The van der Waals surface area contributed by atoms with Crippen LogP contribution >= 0.6 is 0 Å². The summed E-state index contributed by atoms with van der Waals surface area (Å²) in [4.78, 5) is 18.6. The Morgan fingerprint density at radius 2 is 2.12 bits per heavy atom. The summed E-state index contributed by atoms with van der Waals surface area (Å²) in [5.74, 6) is 0. The number of urea groups is 1. The second-order valence-electron chi connectivity index (χ2n) is 6.94. The van der Waals surface area contributed by atoms with Gasteiger partial charge in [0, 0.05) is 31.0 Å². The highest BCUT2D eigenvalue weighted by molar-refractivity contribution is 5.74. The van der Waals surface area contributed by atoms with Crippen LogP contribution in [0.25, 0.3) is 0 Å². The van der Waals surface area contributed by atoms with Gasteiger partial charge in [0.25, 0.3) is 0 Å². The molecule has 1 saturated heterocycles. The summed E-state index contributed by atoms with van der Waals surface area (Å²) in [7, 11) is 0. The van der Waals surface area contributed by atoms with E-state index in [4.69, 9.17) is 0 Å². The Bertz CT molecular complexity index is 744. The van der Waals surface area contributed by atoms with Gasteiger partial charge in [-0.05, 0) is 39.2 Å². The first-order valence-corrected chi connectivity index (χ1v) is 8.68. The maximum absolute atomic E-state index is 12.5. The number of carbonyl (C=O) groups excluding carboxylic acids is 1. The van der Waals surface area contributed by atoms with E-state index in [0.717, 1.165) is 36.6 Å². The summed E-state index contributed by atoms with van der Waals surface area (Å²) in [5, 5.41) is 7.60. The van der Waals surface area contributed by atoms with Crippen molar-refractivity contribution in [3.8, 4) is 0 Å². The molecule has 2 aliphatic rings. The maximum Gasteiger partial charge on any atom is 0.317 e. The molecule has 1 N–H and O–H groups in total. The third-order valence-electron chi connectivity index (χ3n) is 4.95. The van der Waals surface area contributed by atoms with Gasteiger partial charge in [0.15, 0.2) is 0 Å². The van der Waals surface area contributed by atoms with Crippen molar-refractivity contribution >= 4 is 6.03 Å². The second kappa shape index (κ2) is 5.96. The van der Waals surface area contributed by atoms with Crippen LogP contribution in [0.2, 0.25) is 0 Å². The molecule has 7 heteroatoms. The molecule has 2 fully saturated rings. The van der Waals surface area contributed by atoms with Gasteiger partial charge in [-0.3, -0.25) is 4.68 Å². The van der Waals surface area contributed by atoms with Gasteiger partial charge in [-0.2, -0.15) is 5.10 Å². The van der Waals surface area contributed by atoms with E-state index in [0.29, 0.717) is 12.6 Å². The summed E-state index contributed by atoms with van der Waals surface area (Å²) in [6.45, 7) is 6.11. The Labute approximate surface area is 141 Å². The Kier molecular flexibility index (Phi) is 3.78. The summed E-state index contributed by atoms with van der Waals surface area (Å²) >= 11 is 0. The molecule has 1 aliphatic heterocycles. The van der Waals surface area contributed by atoms with Crippen molar-refractivity contribution in [1.29, 1.82) is 0 Å².